The van der Waals surface area contributed by atoms with Crippen LogP contribution < -0.4 is 10.6 Å². The zero-order valence-electron chi connectivity index (χ0n) is 7.92. The van der Waals surface area contributed by atoms with Crippen LogP contribution in [0.1, 0.15) is 6.92 Å². The quantitative estimate of drug-likeness (QED) is 0.743. The molecule has 0 radical (unpaired) electrons. The van der Waals surface area contributed by atoms with E-state index in [0.717, 1.165) is 23.2 Å². The summed E-state index contributed by atoms with van der Waals surface area (Å²) in [7, 11) is 0. The monoisotopic (exact) mass is 209 g/mol. The van der Waals surface area contributed by atoms with Gasteiger partial charge in [0.15, 0.2) is 5.96 Å². The summed E-state index contributed by atoms with van der Waals surface area (Å²) in [4.78, 5) is 4.30. The topological polar surface area (TPSA) is 36.4 Å². The van der Waals surface area contributed by atoms with E-state index in [1.807, 2.05) is 24.3 Å². The number of aliphatic imine (C=N–C) groups is 1. The predicted molar refractivity (Wildman–Crippen MR) is 60.0 cm³/mol. The lowest BCUT2D eigenvalue weighted by molar-refractivity contribution is 0.725. The lowest BCUT2D eigenvalue weighted by Crippen LogP contribution is -2.32. The Morgan fingerprint density at radius 1 is 1.43 bits per heavy atom. The summed E-state index contributed by atoms with van der Waals surface area (Å²) in [5.41, 5.74) is 0.995. The molecule has 0 bridgehead atoms. The van der Waals surface area contributed by atoms with Crippen LogP contribution in [0, 0.1) is 0 Å². The van der Waals surface area contributed by atoms with Crippen molar-refractivity contribution in [2.75, 3.05) is 11.9 Å². The second-order valence-corrected chi connectivity index (χ2v) is 3.80. The van der Waals surface area contributed by atoms with Crippen molar-refractivity contribution in [1.82, 2.24) is 5.32 Å². The van der Waals surface area contributed by atoms with Crippen molar-refractivity contribution in [3.05, 3.63) is 29.3 Å². The van der Waals surface area contributed by atoms with Gasteiger partial charge >= 0.3 is 0 Å². The highest BCUT2D eigenvalue weighted by atomic mass is 35.5. The van der Waals surface area contributed by atoms with E-state index in [-0.39, 0.29) is 0 Å². The summed E-state index contributed by atoms with van der Waals surface area (Å²) in [5, 5.41) is 7.14. The Morgan fingerprint density at radius 2 is 2.14 bits per heavy atom. The highest BCUT2D eigenvalue weighted by Gasteiger charge is 2.11. The molecule has 1 aromatic rings. The van der Waals surface area contributed by atoms with Gasteiger partial charge in [0, 0.05) is 16.8 Å². The second kappa shape index (κ2) is 3.88. The number of hydrogen-bond acceptors (Lipinski definition) is 3. The molecule has 0 saturated carbocycles. The number of anilines is 1. The predicted octanol–water partition coefficient (Wildman–Crippen LogP) is 2.10. The van der Waals surface area contributed by atoms with Gasteiger partial charge in [0.1, 0.15) is 0 Å². The molecule has 2 rings (SSSR count). The van der Waals surface area contributed by atoms with Gasteiger partial charge < -0.3 is 10.6 Å². The molecule has 74 valence electrons. The van der Waals surface area contributed by atoms with E-state index >= 15 is 0 Å². The first kappa shape index (κ1) is 9.34. The minimum Gasteiger partial charge on any atom is -0.352 e. The Kier molecular flexibility index (Phi) is 2.59. The normalized spacial score (nSPS) is 20.1. The molecular formula is C10H12ClN3. The fraction of sp³-hybridized carbons (Fsp3) is 0.300. The Labute approximate surface area is 88.2 Å². The summed E-state index contributed by atoms with van der Waals surface area (Å²) < 4.78 is 0. The Balaban J connectivity index is 2.01. The Morgan fingerprint density at radius 3 is 2.71 bits per heavy atom. The van der Waals surface area contributed by atoms with Gasteiger partial charge in [-0.25, -0.2) is 0 Å². The molecule has 1 aliphatic rings. The van der Waals surface area contributed by atoms with Gasteiger partial charge in [-0.1, -0.05) is 11.6 Å². The lowest BCUT2D eigenvalue weighted by atomic mass is 10.3. The first-order valence-corrected chi connectivity index (χ1v) is 4.95. The van der Waals surface area contributed by atoms with Crippen LogP contribution >= 0.6 is 11.6 Å². The van der Waals surface area contributed by atoms with E-state index in [2.05, 4.69) is 22.5 Å². The van der Waals surface area contributed by atoms with Crippen molar-refractivity contribution in [2.24, 2.45) is 4.99 Å². The molecule has 1 aliphatic heterocycles. The minimum atomic E-state index is 0.421. The van der Waals surface area contributed by atoms with Gasteiger partial charge in [-0.05, 0) is 31.2 Å². The third-order valence-electron chi connectivity index (χ3n) is 2.01. The van der Waals surface area contributed by atoms with Crippen molar-refractivity contribution in [2.45, 2.75) is 13.0 Å². The smallest absolute Gasteiger partial charge is 0.196 e. The second-order valence-electron chi connectivity index (χ2n) is 3.37. The van der Waals surface area contributed by atoms with Crippen LogP contribution in [0.3, 0.4) is 0 Å². The molecule has 0 saturated heterocycles. The van der Waals surface area contributed by atoms with E-state index in [4.69, 9.17) is 11.6 Å². The lowest BCUT2D eigenvalue weighted by Gasteiger charge is -2.08. The molecule has 1 atom stereocenters. The molecule has 0 fully saturated rings. The van der Waals surface area contributed by atoms with Crippen LogP contribution in [0.15, 0.2) is 29.3 Å². The van der Waals surface area contributed by atoms with Crippen molar-refractivity contribution in [3.8, 4) is 0 Å². The van der Waals surface area contributed by atoms with Gasteiger partial charge in [0.05, 0.1) is 6.54 Å². The largest absolute Gasteiger partial charge is 0.352 e. The third kappa shape index (κ3) is 2.17. The fourth-order valence-corrected chi connectivity index (χ4v) is 1.42. The van der Waals surface area contributed by atoms with Crippen LogP contribution in [0.2, 0.25) is 5.02 Å². The molecule has 0 amide bonds. The highest BCUT2D eigenvalue weighted by Crippen LogP contribution is 2.13. The van der Waals surface area contributed by atoms with Gasteiger partial charge in [-0.2, -0.15) is 0 Å². The minimum absolute atomic E-state index is 0.421. The first-order chi connectivity index (χ1) is 6.74. The molecule has 2 N–H and O–H groups in total. The Bertz CT molecular complexity index is 345. The van der Waals surface area contributed by atoms with E-state index in [0.29, 0.717) is 6.04 Å². The van der Waals surface area contributed by atoms with Gasteiger partial charge in [0.2, 0.25) is 0 Å². The van der Waals surface area contributed by atoms with E-state index in [9.17, 15) is 0 Å². The molecule has 14 heavy (non-hydrogen) atoms. The molecule has 1 heterocycles. The fourth-order valence-electron chi connectivity index (χ4n) is 1.30. The summed E-state index contributed by atoms with van der Waals surface area (Å²) in [6.45, 7) is 2.93. The number of guanidine groups is 1. The van der Waals surface area contributed by atoms with Gasteiger partial charge in [0.25, 0.3) is 0 Å². The Hall–Kier alpha value is -1.22. The van der Waals surface area contributed by atoms with Crippen molar-refractivity contribution in [3.63, 3.8) is 0 Å². The van der Waals surface area contributed by atoms with Crippen LogP contribution in [0.5, 0.6) is 0 Å². The van der Waals surface area contributed by atoms with Crippen LogP contribution in [0.4, 0.5) is 5.69 Å². The van der Waals surface area contributed by atoms with Crippen molar-refractivity contribution >= 4 is 23.2 Å². The summed E-state index contributed by atoms with van der Waals surface area (Å²) in [5.74, 6) is 0.833. The van der Waals surface area contributed by atoms with Crippen LogP contribution in [-0.2, 0) is 0 Å². The molecular weight excluding hydrogens is 198 g/mol. The maximum Gasteiger partial charge on any atom is 0.196 e. The number of rotatable bonds is 1. The standard InChI is InChI=1S/C10H12ClN3/c1-7-6-12-10(13-7)14-9-4-2-8(11)3-5-9/h2-5,7H,6H2,1H3,(H2,12,13,14). The maximum atomic E-state index is 5.78. The average Bonchev–Trinajstić information content (AvgIpc) is 2.56. The molecule has 1 unspecified atom stereocenters. The molecule has 0 spiro atoms. The number of nitrogens with one attached hydrogen (secondary N) is 2. The summed E-state index contributed by atoms with van der Waals surface area (Å²) in [6, 6.07) is 7.97. The van der Waals surface area contributed by atoms with Gasteiger partial charge in [-0.15, -0.1) is 0 Å². The summed E-state index contributed by atoms with van der Waals surface area (Å²) in [6.07, 6.45) is 0. The van der Waals surface area contributed by atoms with E-state index in [1.165, 1.54) is 0 Å². The summed E-state index contributed by atoms with van der Waals surface area (Å²) >= 11 is 5.78. The van der Waals surface area contributed by atoms with E-state index < -0.39 is 0 Å². The molecule has 0 aromatic heterocycles. The van der Waals surface area contributed by atoms with Gasteiger partial charge in [-0.3, -0.25) is 4.99 Å². The maximum absolute atomic E-state index is 5.78. The molecule has 0 aliphatic carbocycles. The molecule has 1 aromatic carbocycles. The SMILES string of the molecule is CC1CN=C(Nc2ccc(Cl)cc2)N1. The number of hydrogen-bond donors (Lipinski definition) is 2. The van der Waals surface area contributed by atoms with Crippen LogP contribution in [0.25, 0.3) is 0 Å². The van der Waals surface area contributed by atoms with E-state index in [1.54, 1.807) is 0 Å². The number of nitrogens with zero attached hydrogens (tertiary/aromatic N) is 1. The highest BCUT2D eigenvalue weighted by molar-refractivity contribution is 6.30. The zero-order chi connectivity index (χ0) is 9.97. The average molecular weight is 210 g/mol. The molecule has 4 heteroatoms. The number of halogens is 1. The zero-order valence-corrected chi connectivity index (χ0v) is 8.67. The molecule has 3 nitrogen and oxygen atoms in total. The number of benzene rings is 1. The van der Waals surface area contributed by atoms with Crippen molar-refractivity contribution in [1.29, 1.82) is 0 Å². The third-order valence-corrected chi connectivity index (χ3v) is 2.27. The first-order valence-electron chi connectivity index (χ1n) is 4.57. The van der Waals surface area contributed by atoms with Crippen molar-refractivity contribution < 1.29 is 0 Å². The van der Waals surface area contributed by atoms with Crippen LogP contribution in [-0.4, -0.2) is 18.5 Å².